The summed E-state index contributed by atoms with van der Waals surface area (Å²) in [4.78, 5) is 16.5. The third kappa shape index (κ3) is 2.99. The third-order valence-corrected chi connectivity index (χ3v) is 3.97. The van der Waals surface area contributed by atoms with Gasteiger partial charge in [0.2, 0.25) is 0 Å². The monoisotopic (exact) mass is 280 g/mol. The van der Waals surface area contributed by atoms with Crippen LogP contribution >= 0.6 is 11.3 Å². The van der Waals surface area contributed by atoms with E-state index in [4.69, 9.17) is 5.11 Å². The van der Waals surface area contributed by atoms with Crippen molar-refractivity contribution in [2.24, 2.45) is 7.05 Å². The molecule has 0 aliphatic rings. The fourth-order valence-electron chi connectivity index (χ4n) is 1.76. The molecule has 0 saturated carbocycles. The molecule has 102 valence electrons. The number of carboxylic acid groups (broad SMARTS) is 1. The van der Waals surface area contributed by atoms with Crippen LogP contribution in [0.4, 0.5) is 0 Å². The molecule has 0 spiro atoms. The number of hydrogen-bond acceptors (Lipinski definition) is 5. The summed E-state index contributed by atoms with van der Waals surface area (Å²) in [6.45, 7) is 4.46. The van der Waals surface area contributed by atoms with Crippen molar-refractivity contribution in [2.75, 3.05) is 0 Å². The Morgan fingerprint density at radius 2 is 2.32 bits per heavy atom. The Hall–Kier alpha value is -1.73. The molecule has 7 heteroatoms. The molecule has 0 aromatic carbocycles. The van der Waals surface area contributed by atoms with E-state index in [9.17, 15) is 4.79 Å². The standard InChI is InChI=1S/C12H16N4O2S/c1-7-4-14-11(19-7)8(2)13-6-10-9(12(17)18)5-15-16(10)3/h4-5,8,13H,6H2,1-3H3,(H,17,18). The Kier molecular flexibility index (Phi) is 3.96. The summed E-state index contributed by atoms with van der Waals surface area (Å²) in [7, 11) is 1.74. The zero-order valence-electron chi connectivity index (χ0n) is 11.0. The van der Waals surface area contributed by atoms with Crippen molar-refractivity contribution in [2.45, 2.75) is 26.4 Å². The lowest BCUT2D eigenvalue weighted by Gasteiger charge is -2.11. The van der Waals surface area contributed by atoms with Crippen molar-refractivity contribution in [1.29, 1.82) is 0 Å². The molecule has 0 aliphatic heterocycles. The highest BCUT2D eigenvalue weighted by Crippen LogP contribution is 2.19. The lowest BCUT2D eigenvalue weighted by Crippen LogP contribution is -2.21. The van der Waals surface area contributed by atoms with Gasteiger partial charge in [-0.05, 0) is 13.8 Å². The molecular weight excluding hydrogens is 264 g/mol. The summed E-state index contributed by atoms with van der Waals surface area (Å²) in [5.74, 6) is -0.956. The maximum absolute atomic E-state index is 11.1. The van der Waals surface area contributed by atoms with E-state index in [0.29, 0.717) is 12.2 Å². The molecule has 19 heavy (non-hydrogen) atoms. The van der Waals surface area contributed by atoms with Gasteiger partial charge in [0.05, 0.1) is 17.9 Å². The van der Waals surface area contributed by atoms with Crippen molar-refractivity contribution in [1.82, 2.24) is 20.1 Å². The number of rotatable bonds is 5. The van der Waals surface area contributed by atoms with Crippen LogP contribution in [0.5, 0.6) is 0 Å². The second-order valence-corrected chi connectivity index (χ2v) is 5.61. The first-order chi connectivity index (χ1) is 8.99. The summed E-state index contributed by atoms with van der Waals surface area (Å²) >= 11 is 1.64. The molecule has 0 bridgehead atoms. The Morgan fingerprint density at radius 3 is 2.89 bits per heavy atom. The molecule has 0 aliphatic carbocycles. The van der Waals surface area contributed by atoms with Crippen molar-refractivity contribution < 1.29 is 9.90 Å². The van der Waals surface area contributed by atoms with Gasteiger partial charge < -0.3 is 10.4 Å². The minimum Gasteiger partial charge on any atom is -0.478 e. The van der Waals surface area contributed by atoms with Gasteiger partial charge in [-0.1, -0.05) is 0 Å². The number of aromatic carboxylic acids is 1. The van der Waals surface area contributed by atoms with E-state index in [1.165, 1.54) is 6.20 Å². The van der Waals surface area contributed by atoms with Crippen LogP contribution in [-0.4, -0.2) is 25.8 Å². The number of thiazole rings is 1. The van der Waals surface area contributed by atoms with Crippen LogP contribution in [0, 0.1) is 6.92 Å². The molecule has 2 rings (SSSR count). The third-order valence-electron chi connectivity index (χ3n) is 2.88. The average Bonchev–Trinajstić information content (AvgIpc) is 2.93. The first-order valence-electron chi connectivity index (χ1n) is 5.89. The van der Waals surface area contributed by atoms with Crippen LogP contribution in [0.25, 0.3) is 0 Å². The predicted octanol–water partition coefficient (Wildman–Crippen LogP) is 1.73. The smallest absolute Gasteiger partial charge is 0.339 e. The van der Waals surface area contributed by atoms with Gasteiger partial charge in [0, 0.05) is 24.7 Å². The average molecular weight is 280 g/mol. The molecule has 0 saturated heterocycles. The van der Waals surface area contributed by atoms with Gasteiger partial charge in [0.25, 0.3) is 0 Å². The molecule has 1 unspecified atom stereocenters. The zero-order valence-corrected chi connectivity index (χ0v) is 11.9. The normalized spacial score (nSPS) is 12.6. The highest BCUT2D eigenvalue weighted by molar-refractivity contribution is 7.11. The number of aromatic nitrogens is 3. The van der Waals surface area contributed by atoms with Crippen LogP contribution in [0.15, 0.2) is 12.4 Å². The SMILES string of the molecule is Cc1cnc(C(C)NCc2c(C(=O)O)cnn2C)s1. The van der Waals surface area contributed by atoms with Crippen LogP contribution in [-0.2, 0) is 13.6 Å². The summed E-state index contributed by atoms with van der Waals surface area (Å²) in [6.07, 6.45) is 3.21. The first kappa shape index (κ1) is 13.7. The number of hydrogen-bond donors (Lipinski definition) is 2. The Bertz CT molecular complexity index is 590. The van der Waals surface area contributed by atoms with E-state index >= 15 is 0 Å². The quantitative estimate of drug-likeness (QED) is 0.872. The van der Waals surface area contributed by atoms with Crippen LogP contribution < -0.4 is 5.32 Å². The van der Waals surface area contributed by atoms with E-state index in [1.54, 1.807) is 23.1 Å². The van der Waals surface area contributed by atoms with Crippen molar-refractivity contribution in [3.63, 3.8) is 0 Å². The van der Waals surface area contributed by atoms with Crippen molar-refractivity contribution in [3.8, 4) is 0 Å². The van der Waals surface area contributed by atoms with Gasteiger partial charge in [0.15, 0.2) is 0 Å². The second kappa shape index (κ2) is 5.50. The number of nitrogens with one attached hydrogen (secondary N) is 1. The zero-order chi connectivity index (χ0) is 14.0. The summed E-state index contributed by atoms with van der Waals surface area (Å²) in [5, 5.41) is 17.3. The van der Waals surface area contributed by atoms with E-state index in [0.717, 1.165) is 9.88 Å². The molecule has 0 fully saturated rings. The number of carboxylic acids is 1. The van der Waals surface area contributed by atoms with Gasteiger partial charge in [0.1, 0.15) is 10.6 Å². The minimum atomic E-state index is -0.956. The summed E-state index contributed by atoms with van der Waals surface area (Å²) in [5.41, 5.74) is 0.894. The molecule has 2 N–H and O–H groups in total. The fraction of sp³-hybridized carbons (Fsp3) is 0.417. The number of carbonyl (C=O) groups is 1. The fourth-order valence-corrected chi connectivity index (χ4v) is 2.56. The van der Waals surface area contributed by atoms with Gasteiger partial charge >= 0.3 is 5.97 Å². The van der Waals surface area contributed by atoms with Crippen LogP contribution in [0.3, 0.4) is 0 Å². The largest absolute Gasteiger partial charge is 0.478 e. The Labute approximate surface area is 115 Å². The van der Waals surface area contributed by atoms with E-state index in [2.05, 4.69) is 15.4 Å². The molecule has 2 aromatic heterocycles. The minimum absolute atomic E-state index is 0.0789. The maximum Gasteiger partial charge on any atom is 0.339 e. The molecule has 6 nitrogen and oxygen atoms in total. The molecule has 2 heterocycles. The van der Waals surface area contributed by atoms with E-state index < -0.39 is 5.97 Å². The summed E-state index contributed by atoms with van der Waals surface area (Å²) < 4.78 is 1.58. The molecule has 1 atom stereocenters. The van der Waals surface area contributed by atoms with E-state index in [-0.39, 0.29) is 11.6 Å². The van der Waals surface area contributed by atoms with Gasteiger partial charge in [-0.15, -0.1) is 11.3 Å². The van der Waals surface area contributed by atoms with Crippen molar-refractivity contribution in [3.05, 3.63) is 33.5 Å². The first-order valence-corrected chi connectivity index (χ1v) is 6.70. The van der Waals surface area contributed by atoms with Gasteiger partial charge in [-0.25, -0.2) is 9.78 Å². The van der Waals surface area contributed by atoms with E-state index in [1.807, 2.05) is 20.0 Å². The molecular formula is C12H16N4O2S. The Balaban J connectivity index is 2.06. The Morgan fingerprint density at radius 1 is 1.58 bits per heavy atom. The predicted molar refractivity (Wildman–Crippen MR) is 72.3 cm³/mol. The van der Waals surface area contributed by atoms with Crippen LogP contribution in [0.1, 0.15) is 38.9 Å². The van der Waals surface area contributed by atoms with Crippen molar-refractivity contribution >= 4 is 17.3 Å². The second-order valence-electron chi connectivity index (χ2n) is 4.35. The number of nitrogens with zero attached hydrogens (tertiary/aromatic N) is 3. The lowest BCUT2D eigenvalue weighted by molar-refractivity contribution is 0.0695. The molecule has 2 aromatic rings. The summed E-state index contributed by atoms with van der Waals surface area (Å²) in [6, 6.07) is 0.0789. The van der Waals surface area contributed by atoms with Gasteiger partial charge in [-0.2, -0.15) is 5.10 Å². The maximum atomic E-state index is 11.1. The number of aryl methyl sites for hydroxylation is 2. The highest BCUT2D eigenvalue weighted by atomic mass is 32.1. The lowest BCUT2D eigenvalue weighted by atomic mass is 10.2. The van der Waals surface area contributed by atoms with Gasteiger partial charge in [-0.3, -0.25) is 4.68 Å². The molecule has 0 amide bonds. The highest BCUT2D eigenvalue weighted by Gasteiger charge is 2.16. The van der Waals surface area contributed by atoms with Crippen LogP contribution in [0.2, 0.25) is 0 Å². The molecule has 0 radical (unpaired) electrons. The topological polar surface area (TPSA) is 80.0 Å².